The van der Waals surface area contributed by atoms with Crippen molar-refractivity contribution < 1.29 is 18.7 Å². The first-order valence-corrected chi connectivity index (χ1v) is 8.85. The van der Waals surface area contributed by atoms with Crippen LogP contribution in [0, 0.1) is 0 Å². The average molecular weight is 367 g/mol. The van der Waals surface area contributed by atoms with Crippen molar-refractivity contribution in [3.63, 3.8) is 0 Å². The normalized spacial score (nSPS) is 15.3. The number of benzene rings is 2. The van der Waals surface area contributed by atoms with Gasteiger partial charge in [-0.05, 0) is 19.2 Å². The van der Waals surface area contributed by atoms with Crippen molar-refractivity contribution in [2.45, 2.75) is 0 Å². The summed E-state index contributed by atoms with van der Waals surface area (Å²) in [6, 6.07) is 11.2. The maximum Gasteiger partial charge on any atom is 0.314 e. The van der Waals surface area contributed by atoms with Gasteiger partial charge < -0.3 is 24.3 Å². The molecule has 2 amide bonds. The Labute approximate surface area is 156 Å². The molecule has 1 fully saturated rings. The number of methoxy groups -OCH3 is 1. The van der Waals surface area contributed by atoms with Gasteiger partial charge in [-0.2, -0.15) is 0 Å². The zero-order valence-electron chi connectivity index (χ0n) is 15.3. The number of fused-ring (bicyclic) bond motifs is 3. The summed E-state index contributed by atoms with van der Waals surface area (Å²) in [4.78, 5) is 28.6. The van der Waals surface area contributed by atoms with Gasteiger partial charge in [0.05, 0.1) is 12.8 Å². The maximum atomic E-state index is 12.5. The van der Waals surface area contributed by atoms with E-state index in [9.17, 15) is 9.59 Å². The number of piperazine rings is 1. The molecule has 1 aliphatic rings. The molecular weight excluding hydrogens is 346 g/mol. The third-order valence-electron chi connectivity index (χ3n) is 4.93. The Bertz CT molecular complexity index is 1020. The van der Waals surface area contributed by atoms with Crippen LogP contribution in [0.1, 0.15) is 0 Å². The van der Waals surface area contributed by atoms with Crippen molar-refractivity contribution in [1.29, 1.82) is 0 Å². The molecule has 27 heavy (non-hydrogen) atoms. The monoisotopic (exact) mass is 367 g/mol. The standard InChI is InChI=1S/C20H21N3O4/c1-22-7-9-23(10-8-22)20(25)19(24)21-15-12-17-14(11-18(15)26-2)13-5-3-4-6-16(13)27-17/h3-6,11-12H,7-10H2,1-2H3,(H,21,24). The highest BCUT2D eigenvalue weighted by molar-refractivity contribution is 6.39. The van der Waals surface area contributed by atoms with Crippen molar-refractivity contribution in [2.75, 3.05) is 45.7 Å². The van der Waals surface area contributed by atoms with Crippen LogP contribution >= 0.6 is 0 Å². The van der Waals surface area contributed by atoms with Gasteiger partial charge in [-0.15, -0.1) is 0 Å². The van der Waals surface area contributed by atoms with Gasteiger partial charge in [-0.3, -0.25) is 9.59 Å². The quantitative estimate of drug-likeness (QED) is 0.704. The van der Waals surface area contributed by atoms with Crippen LogP contribution in [0.5, 0.6) is 5.75 Å². The molecule has 0 saturated carbocycles. The predicted molar refractivity (Wildman–Crippen MR) is 103 cm³/mol. The van der Waals surface area contributed by atoms with Gasteiger partial charge in [0.1, 0.15) is 16.9 Å². The molecule has 2 heterocycles. The minimum absolute atomic E-state index is 0.413. The van der Waals surface area contributed by atoms with Crippen LogP contribution in [0.4, 0.5) is 5.69 Å². The summed E-state index contributed by atoms with van der Waals surface area (Å²) in [5.41, 5.74) is 1.79. The van der Waals surface area contributed by atoms with Crippen LogP contribution in [0.25, 0.3) is 21.9 Å². The molecule has 0 spiro atoms. The van der Waals surface area contributed by atoms with Gasteiger partial charge in [0.15, 0.2) is 0 Å². The summed E-state index contributed by atoms with van der Waals surface area (Å²) in [6.07, 6.45) is 0. The van der Waals surface area contributed by atoms with Gasteiger partial charge in [-0.1, -0.05) is 18.2 Å². The molecule has 7 heteroatoms. The number of para-hydroxylation sites is 1. The molecule has 0 aliphatic carbocycles. The number of nitrogens with zero attached hydrogens (tertiary/aromatic N) is 2. The fourth-order valence-electron chi connectivity index (χ4n) is 3.35. The number of anilines is 1. The number of carbonyl (C=O) groups is 2. The van der Waals surface area contributed by atoms with E-state index in [0.29, 0.717) is 30.1 Å². The topological polar surface area (TPSA) is 75.0 Å². The maximum absolute atomic E-state index is 12.5. The number of nitrogens with one attached hydrogen (secondary N) is 1. The zero-order chi connectivity index (χ0) is 19.0. The highest BCUT2D eigenvalue weighted by Crippen LogP contribution is 2.36. The summed E-state index contributed by atoms with van der Waals surface area (Å²) in [5.74, 6) is -0.725. The Hall–Kier alpha value is -3.06. The van der Waals surface area contributed by atoms with E-state index in [-0.39, 0.29) is 0 Å². The number of hydrogen-bond donors (Lipinski definition) is 1. The molecule has 0 unspecified atom stereocenters. The van der Waals surface area contributed by atoms with Crippen molar-refractivity contribution in [1.82, 2.24) is 9.80 Å². The molecule has 7 nitrogen and oxygen atoms in total. The third kappa shape index (κ3) is 3.21. The van der Waals surface area contributed by atoms with Crippen LogP contribution in [-0.4, -0.2) is 62.0 Å². The average Bonchev–Trinajstić information content (AvgIpc) is 3.04. The molecule has 1 aromatic heterocycles. The smallest absolute Gasteiger partial charge is 0.314 e. The molecular formula is C20H21N3O4. The molecule has 0 atom stereocenters. The van der Waals surface area contributed by atoms with Crippen molar-refractivity contribution in [3.8, 4) is 5.75 Å². The fourth-order valence-corrected chi connectivity index (χ4v) is 3.35. The lowest BCUT2D eigenvalue weighted by Crippen LogP contribution is -2.50. The van der Waals surface area contributed by atoms with Crippen LogP contribution in [0.3, 0.4) is 0 Å². The van der Waals surface area contributed by atoms with E-state index in [1.54, 1.807) is 11.0 Å². The van der Waals surface area contributed by atoms with Gasteiger partial charge in [-0.25, -0.2) is 0 Å². The number of ether oxygens (including phenoxy) is 1. The Morgan fingerprint density at radius 2 is 1.78 bits per heavy atom. The van der Waals surface area contributed by atoms with E-state index in [4.69, 9.17) is 9.15 Å². The van der Waals surface area contributed by atoms with E-state index in [1.165, 1.54) is 7.11 Å². The minimum Gasteiger partial charge on any atom is -0.495 e. The van der Waals surface area contributed by atoms with E-state index in [1.807, 2.05) is 37.4 Å². The second-order valence-electron chi connectivity index (χ2n) is 6.70. The molecule has 1 N–H and O–H groups in total. The summed E-state index contributed by atoms with van der Waals surface area (Å²) >= 11 is 0. The Morgan fingerprint density at radius 3 is 2.52 bits per heavy atom. The molecule has 1 aliphatic heterocycles. The predicted octanol–water partition coefficient (Wildman–Crippen LogP) is 2.31. The minimum atomic E-state index is -0.673. The van der Waals surface area contributed by atoms with Gasteiger partial charge in [0.2, 0.25) is 0 Å². The first kappa shape index (κ1) is 17.4. The number of carbonyl (C=O) groups excluding carboxylic acids is 2. The Kier molecular flexibility index (Phi) is 4.45. The second kappa shape index (κ2) is 6.92. The Morgan fingerprint density at radius 1 is 1.04 bits per heavy atom. The summed E-state index contributed by atoms with van der Waals surface area (Å²) in [6.45, 7) is 2.60. The Balaban J connectivity index is 1.61. The number of furan rings is 1. The van der Waals surface area contributed by atoms with Crippen LogP contribution in [-0.2, 0) is 9.59 Å². The largest absolute Gasteiger partial charge is 0.495 e. The van der Waals surface area contributed by atoms with Crippen molar-refractivity contribution in [3.05, 3.63) is 36.4 Å². The fraction of sp³-hybridized carbons (Fsp3) is 0.300. The van der Waals surface area contributed by atoms with E-state index >= 15 is 0 Å². The van der Waals surface area contributed by atoms with Crippen molar-refractivity contribution in [2.24, 2.45) is 0 Å². The second-order valence-corrected chi connectivity index (χ2v) is 6.70. The van der Waals surface area contributed by atoms with E-state index in [2.05, 4.69) is 10.2 Å². The van der Waals surface area contributed by atoms with E-state index < -0.39 is 11.8 Å². The van der Waals surface area contributed by atoms with Crippen molar-refractivity contribution >= 4 is 39.4 Å². The van der Waals surface area contributed by atoms with Gasteiger partial charge in [0.25, 0.3) is 0 Å². The summed E-state index contributed by atoms with van der Waals surface area (Å²) < 4.78 is 11.3. The number of likely N-dealkylation sites (N-methyl/N-ethyl adjacent to an activating group) is 1. The van der Waals surface area contributed by atoms with Gasteiger partial charge >= 0.3 is 11.8 Å². The first-order chi connectivity index (χ1) is 13.1. The van der Waals surface area contributed by atoms with Gasteiger partial charge in [0, 0.05) is 43.0 Å². The molecule has 1 saturated heterocycles. The lowest BCUT2D eigenvalue weighted by Gasteiger charge is -2.31. The number of hydrogen-bond acceptors (Lipinski definition) is 5. The number of amides is 2. The molecule has 140 valence electrons. The third-order valence-corrected chi connectivity index (χ3v) is 4.93. The SMILES string of the molecule is COc1cc2c(cc1NC(=O)C(=O)N1CCN(C)CC1)oc1ccccc12. The molecule has 4 rings (SSSR count). The van der Waals surface area contributed by atoms with Crippen LogP contribution in [0.2, 0.25) is 0 Å². The van der Waals surface area contributed by atoms with Crippen LogP contribution in [0.15, 0.2) is 40.8 Å². The van der Waals surface area contributed by atoms with Crippen LogP contribution < -0.4 is 10.1 Å². The lowest BCUT2D eigenvalue weighted by molar-refractivity contribution is -0.144. The molecule has 2 aromatic carbocycles. The molecule has 0 radical (unpaired) electrons. The highest BCUT2D eigenvalue weighted by atomic mass is 16.5. The lowest BCUT2D eigenvalue weighted by atomic mass is 10.1. The number of rotatable bonds is 2. The molecule has 3 aromatic rings. The zero-order valence-corrected chi connectivity index (χ0v) is 15.3. The molecule has 0 bridgehead atoms. The summed E-state index contributed by atoms with van der Waals surface area (Å²) in [7, 11) is 3.52. The highest BCUT2D eigenvalue weighted by Gasteiger charge is 2.26. The van der Waals surface area contributed by atoms with E-state index in [0.717, 1.165) is 29.4 Å². The summed E-state index contributed by atoms with van der Waals surface area (Å²) in [5, 5.41) is 4.54. The first-order valence-electron chi connectivity index (χ1n) is 8.85.